The van der Waals surface area contributed by atoms with Gasteiger partial charge in [-0.05, 0) is 11.8 Å². The lowest BCUT2D eigenvalue weighted by atomic mass is 9.84. The van der Waals surface area contributed by atoms with Gasteiger partial charge in [-0.1, -0.05) is 34.1 Å². The maximum atomic E-state index is 9.72. The van der Waals surface area contributed by atoms with Crippen LogP contribution in [0.4, 0.5) is 0 Å². The molecule has 2 atom stereocenters. The van der Waals surface area contributed by atoms with Crippen molar-refractivity contribution in [3.05, 3.63) is 0 Å². The van der Waals surface area contributed by atoms with Crippen molar-refractivity contribution < 1.29 is 9.84 Å². The monoisotopic (exact) mass is 174 g/mol. The minimum atomic E-state index is -0.333. The van der Waals surface area contributed by atoms with Gasteiger partial charge in [0.2, 0.25) is 0 Å². The highest BCUT2D eigenvalue weighted by atomic mass is 16.5. The number of aliphatic hydroxyl groups is 1. The van der Waals surface area contributed by atoms with Crippen molar-refractivity contribution in [1.82, 2.24) is 0 Å². The summed E-state index contributed by atoms with van der Waals surface area (Å²) in [6.45, 7) is 8.32. The predicted molar refractivity (Wildman–Crippen MR) is 51.2 cm³/mol. The largest absolute Gasteiger partial charge is 0.390 e. The topological polar surface area (TPSA) is 29.5 Å². The summed E-state index contributed by atoms with van der Waals surface area (Å²) in [4.78, 5) is 0. The summed E-state index contributed by atoms with van der Waals surface area (Å²) < 4.78 is 5.28. The molecule has 74 valence electrons. The Hall–Kier alpha value is -0.0800. The van der Waals surface area contributed by atoms with E-state index in [-0.39, 0.29) is 17.6 Å². The zero-order valence-electron chi connectivity index (χ0n) is 8.92. The van der Waals surface area contributed by atoms with E-state index < -0.39 is 0 Å². The first kappa shape index (κ1) is 11.9. The highest BCUT2D eigenvalue weighted by Gasteiger charge is 2.30. The van der Waals surface area contributed by atoms with E-state index in [2.05, 4.69) is 27.7 Å². The van der Waals surface area contributed by atoms with Gasteiger partial charge in [0.25, 0.3) is 0 Å². The third-order valence-corrected chi connectivity index (χ3v) is 2.04. The lowest BCUT2D eigenvalue weighted by molar-refractivity contribution is -0.0732. The molecule has 0 aliphatic heterocycles. The van der Waals surface area contributed by atoms with Crippen molar-refractivity contribution in [1.29, 1.82) is 0 Å². The molecule has 0 fully saturated rings. The van der Waals surface area contributed by atoms with Crippen LogP contribution in [-0.4, -0.2) is 24.4 Å². The van der Waals surface area contributed by atoms with Crippen LogP contribution in [0.2, 0.25) is 0 Å². The standard InChI is InChI=1S/C10H22O2/c1-6-7-8(11)9(12-5)10(2,3)4/h8-9,11H,6-7H2,1-5H3. The van der Waals surface area contributed by atoms with Crippen LogP contribution in [0.25, 0.3) is 0 Å². The highest BCUT2D eigenvalue weighted by molar-refractivity contribution is 4.80. The zero-order chi connectivity index (χ0) is 9.78. The molecule has 0 aliphatic rings. The van der Waals surface area contributed by atoms with E-state index in [1.54, 1.807) is 7.11 Å². The van der Waals surface area contributed by atoms with Crippen LogP contribution in [0.15, 0.2) is 0 Å². The van der Waals surface area contributed by atoms with Gasteiger partial charge in [0.05, 0.1) is 12.2 Å². The summed E-state index contributed by atoms with van der Waals surface area (Å²) in [5.41, 5.74) is 0.0172. The molecule has 0 saturated heterocycles. The normalized spacial score (nSPS) is 17.5. The second kappa shape index (κ2) is 4.83. The Bertz CT molecular complexity index is 115. The van der Waals surface area contributed by atoms with Gasteiger partial charge in [-0.25, -0.2) is 0 Å². The lowest BCUT2D eigenvalue weighted by Gasteiger charge is -2.33. The molecule has 0 saturated carbocycles. The second-order valence-corrected chi connectivity index (χ2v) is 4.38. The third-order valence-electron chi connectivity index (χ3n) is 2.04. The molecule has 0 radical (unpaired) electrons. The number of aliphatic hydroxyl groups excluding tert-OH is 1. The maximum Gasteiger partial charge on any atom is 0.0878 e. The Balaban J connectivity index is 4.14. The molecular formula is C10H22O2. The molecule has 0 aliphatic carbocycles. The van der Waals surface area contributed by atoms with Crippen LogP contribution in [-0.2, 0) is 4.74 Å². The molecule has 0 bridgehead atoms. The number of ether oxygens (including phenoxy) is 1. The smallest absolute Gasteiger partial charge is 0.0878 e. The average molecular weight is 174 g/mol. The average Bonchev–Trinajstić information content (AvgIpc) is 1.85. The summed E-state index contributed by atoms with van der Waals surface area (Å²) in [5.74, 6) is 0. The number of rotatable bonds is 4. The second-order valence-electron chi connectivity index (χ2n) is 4.38. The Kier molecular flexibility index (Phi) is 4.80. The Labute approximate surface area is 75.9 Å². The highest BCUT2D eigenvalue weighted by Crippen LogP contribution is 2.26. The minimum absolute atomic E-state index is 0.0172. The molecule has 0 aromatic heterocycles. The molecule has 2 heteroatoms. The summed E-state index contributed by atoms with van der Waals surface area (Å²) in [5, 5.41) is 9.72. The fourth-order valence-corrected chi connectivity index (χ4v) is 1.53. The van der Waals surface area contributed by atoms with Crippen LogP contribution in [0, 0.1) is 5.41 Å². The Morgan fingerprint density at radius 2 is 1.83 bits per heavy atom. The van der Waals surface area contributed by atoms with Crippen molar-refractivity contribution in [3.8, 4) is 0 Å². The first-order chi connectivity index (χ1) is 5.43. The van der Waals surface area contributed by atoms with Crippen LogP contribution < -0.4 is 0 Å². The third kappa shape index (κ3) is 3.55. The van der Waals surface area contributed by atoms with E-state index in [0.29, 0.717) is 0 Å². The predicted octanol–water partition coefficient (Wildman–Crippen LogP) is 2.21. The van der Waals surface area contributed by atoms with Gasteiger partial charge < -0.3 is 9.84 Å². The van der Waals surface area contributed by atoms with Gasteiger partial charge in [0, 0.05) is 7.11 Å². The molecule has 2 unspecified atom stereocenters. The van der Waals surface area contributed by atoms with E-state index in [1.807, 2.05) is 0 Å². The summed E-state index contributed by atoms with van der Waals surface area (Å²) in [6, 6.07) is 0. The number of hydrogen-bond donors (Lipinski definition) is 1. The van der Waals surface area contributed by atoms with Gasteiger partial charge in [-0.15, -0.1) is 0 Å². The van der Waals surface area contributed by atoms with E-state index in [0.717, 1.165) is 12.8 Å². The summed E-state index contributed by atoms with van der Waals surface area (Å²) in [6.07, 6.45) is 1.42. The summed E-state index contributed by atoms with van der Waals surface area (Å²) >= 11 is 0. The summed E-state index contributed by atoms with van der Waals surface area (Å²) in [7, 11) is 1.66. The number of hydrogen-bond acceptors (Lipinski definition) is 2. The Morgan fingerprint density at radius 1 is 1.33 bits per heavy atom. The quantitative estimate of drug-likeness (QED) is 0.708. The van der Waals surface area contributed by atoms with E-state index in [4.69, 9.17) is 4.74 Å². The first-order valence-corrected chi connectivity index (χ1v) is 4.64. The molecule has 2 nitrogen and oxygen atoms in total. The molecule has 0 heterocycles. The molecule has 0 spiro atoms. The first-order valence-electron chi connectivity index (χ1n) is 4.64. The number of methoxy groups -OCH3 is 1. The molecule has 0 rings (SSSR count). The van der Waals surface area contributed by atoms with Gasteiger partial charge in [-0.2, -0.15) is 0 Å². The van der Waals surface area contributed by atoms with Gasteiger partial charge in [0.1, 0.15) is 0 Å². The Morgan fingerprint density at radius 3 is 2.08 bits per heavy atom. The van der Waals surface area contributed by atoms with E-state index >= 15 is 0 Å². The van der Waals surface area contributed by atoms with Crippen molar-refractivity contribution in [2.24, 2.45) is 5.41 Å². The lowest BCUT2D eigenvalue weighted by Crippen LogP contribution is -2.39. The van der Waals surface area contributed by atoms with Crippen LogP contribution in [0.5, 0.6) is 0 Å². The van der Waals surface area contributed by atoms with Crippen LogP contribution in [0.1, 0.15) is 40.5 Å². The molecule has 1 N–H and O–H groups in total. The van der Waals surface area contributed by atoms with E-state index in [9.17, 15) is 5.11 Å². The molecule has 0 amide bonds. The maximum absolute atomic E-state index is 9.72. The van der Waals surface area contributed by atoms with Crippen molar-refractivity contribution >= 4 is 0 Å². The molecular weight excluding hydrogens is 152 g/mol. The van der Waals surface area contributed by atoms with Crippen LogP contribution >= 0.6 is 0 Å². The minimum Gasteiger partial charge on any atom is -0.390 e. The fourth-order valence-electron chi connectivity index (χ4n) is 1.53. The van der Waals surface area contributed by atoms with Crippen LogP contribution in [0.3, 0.4) is 0 Å². The van der Waals surface area contributed by atoms with E-state index in [1.165, 1.54) is 0 Å². The van der Waals surface area contributed by atoms with Gasteiger partial charge in [0.15, 0.2) is 0 Å². The fraction of sp³-hybridized carbons (Fsp3) is 1.00. The molecule has 12 heavy (non-hydrogen) atoms. The molecule has 0 aromatic rings. The SMILES string of the molecule is CCCC(O)C(OC)C(C)(C)C. The van der Waals surface area contributed by atoms with Gasteiger partial charge in [-0.3, -0.25) is 0 Å². The van der Waals surface area contributed by atoms with Crippen molar-refractivity contribution in [3.63, 3.8) is 0 Å². The zero-order valence-corrected chi connectivity index (χ0v) is 8.92. The van der Waals surface area contributed by atoms with Gasteiger partial charge >= 0.3 is 0 Å². The van der Waals surface area contributed by atoms with Crippen molar-refractivity contribution in [2.45, 2.75) is 52.7 Å². The molecule has 0 aromatic carbocycles. The van der Waals surface area contributed by atoms with Crippen molar-refractivity contribution in [2.75, 3.05) is 7.11 Å².